The maximum Gasteiger partial charge on any atom is 0.224 e. The van der Waals surface area contributed by atoms with Gasteiger partial charge in [-0.05, 0) is 32.2 Å². The van der Waals surface area contributed by atoms with Gasteiger partial charge >= 0.3 is 0 Å². The number of rotatable bonds is 6. The van der Waals surface area contributed by atoms with Gasteiger partial charge in [0, 0.05) is 32.2 Å². The Bertz CT molecular complexity index is 235. The molecule has 1 aliphatic carbocycles. The monoisotopic (exact) mass is 226 g/mol. The molecule has 1 aliphatic heterocycles. The van der Waals surface area contributed by atoms with Crippen molar-refractivity contribution in [1.82, 2.24) is 10.2 Å². The number of nitrogens with one attached hydrogen (secondary N) is 1. The maximum atomic E-state index is 12.1. The van der Waals surface area contributed by atoms with Gasteiger partial charge in [0.2, 0.25) is 5.91 Å². The summed E-state index contributed by atoms with van der Waals surface area (Å²) < 4.78 is 5.06. The Balaban J connectivity index is 1.78. The molecule has 0 aromatic rings. The minimum absolute atomic E-state index is 0.305. The fraction of sp³-hybridized carbons (Fsp3) is 0.917. The Kier molecular flexibility index (Phi) is 4.18. The van der Waals surface area contributed by atoms with Crippen molar-refractivity contribution in [2.75, 3.05) is 26.8 Å². The number of carbonyl (C=O) groups is 1. The zero-order chi connectivity index (χ0) is 11.4. The lowest BCUT2D eigenvalue weighted by molar-refractivity contribution is -0.132. The number of carbonyl (C=O) groups excluding carboxylic acids is 1. The lowest BCUT2D eigenvalue weighted by atomic mass is 10.1. The third-order valence-electron chi connectivity index (χ3n) is 3.43. The van der Waals surface area contributed by atoms with Gasteiger partial charge in [-0.3, -0.25) is 4.79 Å². The molecule has 1 heterocycles. The molecular weight excluding hydrogens is 204 g/mol. The first-order valence-electron chi connectivity index (χ1n) is 6.33. The van der Waals surface area contributed by atoms with E-state index < -0.39 is 0 Å². The van der Waals surface area contributed by atoms with Crippen LogP contribution in [0.1, 0.15) is 32.1 Å². The second-order valence-corrected chi connectivity index (χ2v) is 4.81. The van der Waals surface area contributed by atoms with E-state index in [0.717, 1.165) is 19.5 Å². The summed E-state index contributed by atoms with van der Waals surface area (Å²) in [4.78, 5) is 14.1. The zero-order valence-electron chi connectivity index (χ0n) is 10.1. The minimum Gasteiger partial charge on any atom is -0.383 e. The molecule has 0 bridgehead atoms. The number of ether oxygens (including phenoxy) is 1. The summed E-state index contributed by atoms with van der Waals surface area (Å²) >= 11 is 0. The van der Waals surface area contributed by atoms with E-state index in [4.69, 9.17) is 4.74 Å². The SMILES string of the molecule is COCCN(C(=O)CC1CCCN1)C1CC1. The quantitative estimate of drug-likeness (QED) is 0.727. The summed E-state index contributed by atoms with van der Waals surface area (Å²) in [5.41, 5.74) is 0. The van der Waals surface area contributed by atoms with Crippen LogP contribution < -0.4 is 5.32 Å². The van der Waals surface area contributed by atoms with E-state index in [-0.39, 0.29) is 0 Å². The van der Waals surface area contributed by atoms with Crippen LogP contribution in [-0.2, 0) is 9.53 Å². The fourth-order valence-electron chi connectivity index (χ4n) is 2.35. The lowest BCUT2D eigenvalue weighted by Gasteiger charge is -2.23. The van der Waals surface area contributed by atoms with E-state index >= 15 is 0 Å². The Morgan fingerprint density at radius 1 is 1.44 bits per heavy atom. The summed E-state index contributed by atoms with van der Waals surface area (Å²) in [6.45, 7) is 2.48. The van der Waals surface area contributed by atoms with E-state index in [1.54, 1.807) is 7.11 Å². The molecule has 0 spiro atoms. The van der Waals surface area contributed by atoms with Crippen molar-refractivity contribution in [2.24, 2.45) is 0 Å². The summed E-state index contributed by atoms with van der Waals surface area (Å²) in [7, 11) is 1.69. The molecule has 4 heteroatoms. The highest BCUT2D eigenvalue weighted by Crippen LogP contribution is 2.27. The van der Waals surface area contributed by atoms with E-state index in [9.17, 15) is 4.79 Å². The van der Waals surface area contributed by atoms with E-state index in [2.05, 4.69) is 5.32 Å². The van der Waals surface area contributed by atoms with Crippen molar-refractivity contribution in [3.05, 3.63) is 0 Å². The topological polar surface area (TPSA) is 41.6 Å². The molecule has 0 aromatic heterocycles. The van der Waals surface area contributed by atoms with Crippen molar-refractivity contribution < 1.29 is 9.53 Å². The van der Waals surface area contributed by atoms with Gasteiger partial charge in [0.25, 0.3) is 0 Å². The number of hydrogen-bond donors (Lipinski definition) is 1. The first-order valence-corrected chi connectivity index (χ1v) is 6.33. The van der Waals surface area contributed by atoms with Crippen LogP contribution in [0.25, 0.3) is 0 Å². The number of nitrogens with zero attached hydrogens (tertiary/aromatic N) is 1. The summed E-state index contributed by atoms with van der Waals surface area (Å²) in [6.07, 6.45) is 5.37. The molecule has 4 nitrogen and oxygen atoms in total. The molecule has 1 saturated carbocycles. The van der Waals surface area contributed by atoms with Gasteiger partial charge in [-0.25, -0.2) is 0 Å². The Hall–Kier alpha value is -0.610. The van der Waals surface area contributed by atoms with Crippen molar-refractivity contribution >= 4 is 5.91 Å². The molecule has 0 aromatic carbocycles. The molecule has 1 atom stereocenters. The predicted molar refractivity (Wildman–Crippen MR) is 62.3 cm³/mol. The number of hydrogen-bond acceptors (Lipinski definition) is 3. The Morgan fingerprint density at radius 3 is 2.81 bits per heavy atom. The van der Waals surface area contributed by atoms with Gasteiger partial charge < -0.3 is 15.0 Å². The summed E-state index contributed by atoms with van der Waals surface area (Å²) in [5.74, 6) is 0.305. The average molecular weight is 226 g/mol. The molecule has 2 fully saturated rings. The highest BCUT2D eigenvalue weighted by molar-refractivity contribution is 5.77. The van der Waals surface area contributed by atoms with Crippen LogP contribution in [0.15, 0.2) is 0 Å². The predicted octanol–water partition coefficient (Wildman–Crippen LogP) is 0.766. The van der Waals surface area contributed by atoms with Crippen molar-refractivity contribution in [3.8, 4) is 0 Å². The second kappa shape index (κ2) is 5.64. The van der Waals surface area contributed by atoms with E-state index in [0.29, 0.717) is 31.0 Å². The van der Waals surface area contributed by atoms with E-state index in [1.165, 1.54) is 19.3 Å². The van der Waals surface area contributed by atoms with Gasteiger partial charge in [-0.15, -0.1) is 0 Å². The van der Waals surface area contributed by atoms with Crippen LogP contribution in [0.2, 0.25) is 0 Å². The first-order chi connectivity index (χ1) is 7.81. The molecule has 1 saturated heterocycles. The van der Waals surface area contributed by atoms with Crippen molar-refractivity contribution in [2.45, 2.75) is 44.2 Å². The highest BCUT2D eigenvalue weighted by Gasteiger charge is 2.33. The van der Waals surface area contributed by atoms with E-state index in [1.807, 2.05) is 4.90 Å². The minimum atomic E-state index is 0.305. The van der Waals surface area contributed by atoms with Crippen LogP contribution in [0.5, 0.6) is 0 Å². The largest absolute Gasteiger partial charge is 0.383 e. The summed E-state index contributed by atoms with van der Waals surface area (Å²) in [6, 6.07) is 0.917. The van der Waals surface area contributed by atoms with Crippen LogP contribution in [0, 0.1) is 0 Å². The Labute approximate surface area is 97.3 Å². The molecular formula is C12H22N2O2. The maximum absolute atomic E-state index is 12.1. The van der Waals surface area contributed by atoms with Crippen molar-refractivity contribution in [3.63, 3.8) is 0 Å². The molecule has 1 unspecified atom stereocenters. The smallest absolute Gasteiger partial charge is 0.224 e. The van der Waals surface area contributed by atoms with Gasteiger partial charge in [-0.2, -0.15) is 0 Å². The third kappa shape index (κ3) is 3.19. The van der Waals surface area contributed by atoms with Crippen LogP contribution in [0.4, 0.5) is 0 Å². The van der Waals surface area contributed by atoms with Crippen molar-refractivity contribution in [1.29, 1.82) is 0 Å². The number of methoxy groups -OCH3 is 1. The molecule has 2 rings (SSSR count). The molecule has 1 amide bonds. The van der Waals surface area contributed by atoms with Gasteiger partial charge in [0.15, 0.2) is 0 Å². The molecule has 0 radical (unpaired) electrons. The molecule has 16 heavy (non-hydrogen) atoms. The van der Waals surface area contributed by atoms with Gasteiger partial charge in [-0.1, -0.05) is 0 Å². The van der Waals surface area contributed by atoms with Crippen LogP contribution in [-0.4, -0.2) is 49.7 Å². The Morgan fingerprint density at radius 2 is 2.25 bits per heavy atom. The third-order valence-corrected chi connectivity index (χ3v) is 3.43. The zero-order valence-corrected chi connectivity index (χ0v) is 10.1. The molecule has 1 N–H and O–H groups in total. The molecule has 92 valence electrons. The highest BCUT2D eigenvalue weighted by atomic mass is 16.5. The van der Waals surface area contributed by atoms with Gasteiger partial charge in [0.1, 0.15) is 0 Å². The average Bonchev–Trinajstić information content (AvgIpc) is 2.98. The van der Waals surface area contributed by atoms with Crippen LogP contribution >= 0.6 is 0 Å². The van der Waals surface area contributed by atoms with Gasteiger partial charge in [0.05, 0.1) is 6.61 Å². The lowest BCUT2D eigenvalue weighted by Crippen LogP contribution is -2.39. The normalized spacial score (nSPS) is 24.7. The fourth-order valence-corrected chi connectivity index (χ4v) is 2.35. The number of amides is 1. The standard InChI is InChI=1S/C12H22N2O2/c1-16-8-7-14(11-4-5-11)12(15)9-10-3-2-6-13-10/h10-11,13H,2-9H2,1H3. The first kappa shape index (κ1) is 11.9. The second-order valence-electron chi connectivity index (χ2n) is 4.81. The van der Waals surface area contributed by atoms with Crippen LogP contribution in [0.3, 0.4) is 0 Å². The molecule has 2 aliphatic rings. The summed E-state index contributed by atoms with van der Waals surface area (Å²) in [5, 5.41) is 3.38.